The van der Waals surface area contributed by atoms with Crippen molar-refractivity contribution in [2.24, 2.45) is 7.05 Å². The molecule has 0 atom stereocenters. The number of carbonyl (C=O) groups excluding carboxylic acids is 1. The Morgan fingerprint density at radius 1 is 1.65 bits per heavy atom. The van der Waals surface area contributed by atoms with Crippen LogP contribution in [0.25, 0.3) is 0 Å². The molecule has 0 unspecified atom stereocenters. The normalized spacial score (nSPS) is 10.5. The summed E-state index contributed by atoms with van der Waals surface area (Å²) in [6, 6.07) is 1.77. The van der Waals surface area contributed by atoms with E-state index in [0.717, 1.165) is 16.9 Å². The predicted molar refractivity (Wildman–Crippen MR) is 70.8 cm³/mol. The molecule has 0 aliphatic heterocycles. The van der Waals surface area contributed by atoms with Crippen molar-refractivity contribution in [1.82, 2.24) is 15.1 Å². The van der Waals surface area contributed by atoms with Crippen LogP contribution in [0.4, 0.5) is 0 Å². The van der Waals surface area contributed by atoms with Crippen molar-refractivity contribution < 1.29 is 4.79 Å². The molecule has 0 aliphatic rings. The van der Waals surface area contributed by atoms with E-state index in [9.17, 15) is 4.79 Å². The number of hydrogen-bond donors (Lipinski definition) is 2. The summed E-state index contributed by atoms with van der Waals surface area (Å²) in [7, 11) is 1.88. The van der Waals surface area contributed by atoms with Gasteiger partial charge in [0.2, 0.25) is 0 Å². The Kier molecular flexibility index (Phi) is 3.86. The van der Waals surface area contributed by atoms with Gasteiger partial charge in [-0.1, -0.05) is 0 Å². The topological polar surface area (TPSA) is 46.9 Å². The van der Waals surface area contributed by atoms with Crippen molar-refractivity contribution in [3.63, 3.8) is 0 Å². The van der Waals surface area contributed by atoms with Crippen molar-refractivity contribution in [3.05, 3.63) is 34.3 Å². The number of thiol groups is 1. The first-order chi connectivity index (χ1) is 8.15. The van der Waals surface area contributed by atoms with Gasteiger partial charge in [0.1, 0.15) is 0 Å². The number of carbonyl (C=O) groups is 1. The Balaban J connectivity index is 1.81. The van der Waals surface area contributed by atoms with Crippen molar-refractivity contribution in [2.45, 2.75) is 11.3 Å². The number of amides is 1. The van der Waals surface area contributed by atoms with Crippen LogP contribution in [0.2, 0.25) is 0 Å². The van der Waals surface area contributed by atoms with Crippen molar-refractivity contribution >= 4 is 29.9 Å². The van der Waals surface area contributed by atoms with E-state index in [0.29, 0.717) is 11.4 Å². The minimum Gasteiger partial charge on any atom is -0.351 e. The second-order valence-corrected chi connectivity index (χ2v) is 5.12. The summed E-state index contributed by atoms with van der Waals surface area (Å²) in [5.41, 5.74) is 1.12. The first kappa shape index (κ1) is 12.2. The second kappa shape index (κ2) is 5.37. The zero-order valence-electron chi connectivity index (χ0n) is 9.38. The summed E-state index contributed by atoms with van der Waals surface area (Å²) in [5, 5.41) is 8.79. The van der Waals surface area contributed by atoms with Gasteiger partial charge in [-0.3, -0.25) is 9.48 Å². The molecule has 0 aromatic carbocycles. The minimum atomic E-state index is -0.0424. The fraction of sp³-hybridized carbons (Fsp3) is 0.273. The molecule has 1 N–H and O–H groups in total. The van der Waals surface area contributed by atoms with Crippen molar-refractivity contribution in [1.29, 1.82) is 0 Å². The van der Waals surface area contributed by atoms with E-state index in [4.69, 9.17) is 0 Å². The van der Waals surface area contributed by atoms with Gasteiger partial charge in [0.05, 0.1) is 11.1 Å². The van der Waals surface area contributed by atoms with E-state index in [1.165, 1.54) is 11.3 Å². The number of nitrogens with one attached hydrogen (secondary N) is 1. The number of nitrogens with zero attached hydrogens (tertiary/aromatic N) is 2. The molecule has 0 spiro atoms. The number of rotatable bonds is 4. The third-order valence-electron chi connectivity index (χ3n) is 2.27. The summed E-state index contributed by atoms with van der Waals surface area (Å²) in [6.07, 6.45) is 4.55. The maximum absolute atomic E-state index is 11.7. The first-order valence-corrected chi connectivity index (χ1v) is 6.51. The van der Waals surface area contributed by atoms with E-state index in [-0.39, 0.29) is 5.91 Å². The van der Waals surface area contributed by atoms with Gasteiger partial charge in [-0.2, -0.15) is 5.10 Å². The lowest BCUT2D eigenvalue weighted by atomic mass is 10.2. The Labute approximate surface area is 109 Å². The average Bonchev–Trinajstić information content (AvgIpc) is 2.88. The molecule has 2 heterocycles. The first-order valence-electron chi connectivity index (χ1n) is 5.18. The summed E-state index contributed by atoms with van der Waals surface area (Å²) in [5.74, 6) is -0.0424. The molecule has 2 aromatic heterocycles. The molecule has 2 aromatic rings. The van der Waals surface area contributed by atoms with E-state index in [1.807, 2.05) is 24.8 Å². The number of thiophene rings is 1. The maximum Gasteiger partial charge on any atom is 0.261 e. The molecule has 0 saturated heterocycles. The quantitative estimate of drug-likeness (QED) is 0.829. The largest absolute Gasteiger partial charge is 0.351 e. The molecular weight excluding hydrogens is 254 g/mol. The fourth-order valence-electron chi connectivity index (χ4n) is 1.45. The monoisotopic (exact) mass is 267 g/mol. The molecule has 0 radical (unpaired) electrons. The third-order valence-corrected chi connectivity index (χ3v) is 3.63. The standard InChI is InChI=1S/C11H13N3OS2/c1-14-6-8(5-13-14)2-3-12-11(15)10-4-9(16)7-17-10/h4-7,16H,2-3H2,1H3,(H,12,15). The van der Waals surface area contributed by atoms with Crippen LogP contribution in [0.15, 0.2) is 28.7 Å². The van der Waals surface area contributed by atoms with Gasteiger partial charge < -0.3 is 5.32 Å². The van der Waals surface area contributed by atoms with Gasteiger partial charge in [-0.15, -0.1) is 24.0 Å². The van der Waals surface area contributed by atoms with Crippen LogP contribution in [-0.4, -0.2) is 22.2 Å². The summed E-state index contributed by atoms with van der Waals surface area (Å²) >= 11 is 5.57. The number of aromatic nitrogens is 2. The third kappa shape index (κ3) is 3.34. The molecule has 0 fully saturated rings. The number of aryl methyl sites for hydroxylation is 1. The van der Waals surface area contributed by atoms with Crippen LogP contribution in [0.5, 0.6) is 0 Å². The highest BCUT2D eigenvalue weighted by molar-refractivity contribution is 7.80. The molecule has 90 valence electrons. The van der Waals surface area contributed by atoms with E-state index in [2.05, 4.69) is 23.0 Å². The smallest absolute Gasteiger partial charge is 0.261 e. The highest BCUT2D eigenvalue weighted by atomic mass is 32.1. The van der Waals surface area contributed by atoms with E-state index < -0.39 is 0 Å². The van der Waals surface area contributed by atoms with Crippen LogP contribution in [0.3, 0.4) is 0 Å². The van der Waals surface area contributed by atoms with Crippen LogP contribution in [-0.2, 0) is 13.5 Å². The highest BCUT2D eigenvalue weighted by Crippen LogP contribution is 2.17. The maximum atomic E-state index is 11.7. The lowest BCUT2D eigenvalue weighted by molar-refractivity contribution is 0.0958. The van der Waals surface area contributed by atoms with Gasteiger partial charge in [-0.05, 0) is 18.1 Å². The Morgan fingerprint density at radius 3 is 3.06 bits per heavy atom. The molecule has 0 aliphatic carbocycles. The Morgan fingerprint density at radius 2 is 2.47 bits per heavy atom. The van der Waals surface area contributed by atoms with Gasteiger partial charge in [0, 0.05) is 30.1 Å². The lowest BCUT2D eigenvalue weighted by Gasteiger charge is -2.01. The van der Waals surface area contributed by atoms with Crippen molar-refractivity contribution in [2.75, 3.05) is 6.54 Å². The van der Waals surface area contributed by atoms with Gasteiger partial charge in [0.15, 0.2) is 0 Å². The molecule has 1 amide bonds. The molecule has 0 saturated carbocycles. The summed E-state index contributed by atoms with van der Waals surface area (Å²) in [6.45, 7) is 0.615. The molecule has 0 bridgehead atoms. The zero-order valence-corrected chi connectivity index (χ0v) is 11.1. The Bertz CT molecular complexity index is 518. The average molecular weight is 267 g/mol. The second-order valence-electron chi connectivity index (χ2n) is 3.70. The fourth-order valence-corrected chi connectivity index (χ4v) is 2.52. The molecular formula is C11H13N3OS2. The zero-order chi connectivity index (χ0) is 12.3. The van der Waals surface area contributed by atoms with Crippen LogP contribution >= 0.6 is 24.0 Å². The van der Waals surface area contributed by atoms with Gasteiger partial charge in [0.25, 0.3) is 5.91 Å². The van der Waals surface area contributed by atoms with E-state index in [1.54, 1.807) is 10.7 Å². The highest BCUT2D eigenvalue weighted by Gasteiger charge is 2.07. The predicted octanol–water partition coefficient (Wildman–Crippen LogP) is 1.74. The molecule has 17 heavy (non-hydrogen) atoms. The van der Waals surface area contributed by atoms with Crippen LogP contribution in [0, 0.1) is 0 Å². The van der Waals surface area contributed by atoms with Crippen LogP contribution < -0.4 is 5.32 Å². The number of hydrogen-bond acceptors (Lipinski definition) is 4. The minimum absolute atomic E-state index is 0.0424. The summed E-state index contributed by atoms with van der Waals surface area (Å²) < 4.78 is 1.75. The molecule has 6 heteroatoms. The Hall–Kier alpha value is -1.27. The van der Waals surface area contributed by atoms with E-state index >= 15 is 0 Å². The van der Waals surface area contributed by atoms with Crippen LogP contribution in [0.1, 0.15) is 15.2 Å². The van der Waals surface area contributed by atoms with Gasteiger partial charge in [-0.25, -0.2) is 0 Å². The SMILES string of the molecule is Cn1cc(CCNC(=O)c2cc(S)cs2)cn1. The molecule has 4 nitrogen and oxygen atoms in total. The molecule has 2 rings (SSSR count). The summed E-state index contributed by atoms with van der Waals surface area (Å²) in [4.78, 5) is 13.2. The lowest BCUT2D eigenvalue weighted by Crippen LogP contribution is -2.24. The van der Waals surface area contributed by atoms with Crippen molar-refractivity contribution in [3.8, 4) is 0 Å². The van der Waals surface area contributed by atoms with Gasteiger partial charge >= 0.3 is 0 Å².